The van der Waals surface area contributed by atoms with Crippen LogP contribution in [0.2, 0.25) is 0 Å². The minimum Gasteiger partial charge on any atom is -0.462 e. The van der Waals surface area contributed by atoms with E-state index in [2.05, 4.69) is 10.3 Å². The third-order valence-electron chi connectivity index (χ3n) is 3.50. The summed E-state index contributed by atoms with van der Waals surface area (Å²) in [5, 5.41) is 8.57. The SMILES string of the molecule is CCOC(=O)c1c(CC)nn(C(C)CON=C(C)CC)c1C. The Morgan fingerprint density at radius 3 is 2.59 bits per heavy atom. The molecule has 0 bridgehead atoms. The van der Waals surface area contributed by atoms with Crippen LogP contribution in [0.4, 0.5) is 0 Å². The molecule has 6 heteroatoms. The van der Waals surface area contributed by atoms with E-state index in [0.29, 0.717) is 25.2 Å². The minimum atomic E-state index is -0.309. The van der Waals surface area contributed by atoms with Crippen LogP contribution in [0.1, 0.15) is 68.8 Å². The van der Waals surface area contributed by atoms with Crippen molar-refractivity contribution in [2.24, 2.45) is 5.16 Å². The molecule has 0 aliphatic heterocycles. The molecule has 124 valence electrons. The fourth-order valence-corrected chi connectivity index (χ4v) is 2.11. The zero-order chi connectivity index (χ0) is 16.7. The van der Waals surface area contributed by atoms with Gasteiger partial charge in [0.2, 0.25) is 0 Å². The molecular weight excluding hydrogens is 282 g/mol. The number of rotatable bonds is 8. The number of ether oxygens (including phenoxy) is 1. The maximum atomic E-state index is 12.1. The number of oxime groups is 1. The molecule has 6 nitrogen and oxygen atoms in total. The zero-order valence-electron chi connectivity index (χ0n) is 14.5. The Hall–Kier alpha value is -1.85. The molecule has 0 aromatic carbocycles. The van der Waals surface area contributed by atoms with Crippen LogP contribution < -0.4 is 0 Å². The molecule has 0 aliphatic rings. The minimum absolute atomic E-state index is 0.0121. The lowest BCUT2D eigenvalue weighted by Crippen LogP contribution is -2.15. The van der Waals surface area contributed by atoms with E-state index in [9.17, 15) is 4.79 Å². The van der Waals surface area contributed by atoms with Crippen LogP contribution in [0.3, 0.4) is 0 Å². The molecule has 0 amide bonds. The van der Waals surface area contributed by atoms with E-state index in [-0.39, 0.29) is 12.0 Å². The average molecular weight is 309 g/mol. The largest absolute Gasteiger partial charge is 0.462 e. The third-order valence-corrected chi connectivity index (χ3v) is 3.50. The van der Waals surface area contributed by atoms with Crippen LogP contribution in [0.25, 0.3) is 0 Å². The topological polar surface area (TPSA) is 65.7 Å². The second-order valence-electron chi connectivity index (χ2n) is 5.25. The molecule has 0 fully saturated rings. The van der Waals surface area contributed by atoms with Crippen molar-refractivity contribution in [2.75, 3.05) is 13.2 Å². The van der Waals surface area contributed by atoms with E-state index in [4.69, 9.17) is 9.57 Å². The second-order valence-corrected chi connectivity index (χ2v) is 5.25. The van der Waals surface area contributed by atoms with Gasteiger partial charge in [-0.2, -0.15) is 5.10 Å². The smallest absolute Gasteiger partial charge is 0.341 e. The summed E-state index contributed by atoms with van der Waals surface area (Å²) in [5.41, 5.74) is 3.09. The Balaban J connectivity index is 2.93. The van der Waals surface area contributed by atoms with Crippen molar-refractivity contribution in [1.82, 2.24) is 9.78 Å². The third kappa shape index (κ3) is 4.32. The molecule has 1 rings (SSSR count). The molecular formula is C16H27N3O3. The van der Waals surface area contributed by atoms with Crippen LogP contribution in [-0.4, -0.2) is 34.7 Å². The van der Waals surface area contributed by atoms with Crippen LogP contribution in [0, 0.1) is 6.92 Å². The van der Waals surface area contributed by atoms with Crippen molar-refractivity contribution in [1.29, 1.82) is 0 Å². The summed E-state index contributed by atoms with van der Waals surface area (Å²) in [6, 6.07) is -0.0121. The fourth-order valence-electron chi connectivity index (χ4n) is 2.11. The number of aromatic nitrogens is 2. The molecule has 1 atom stereocenters. The lowest BCUT2D eigenvalue weighted by Gasteiger charge is -2.13. The van der Waals surface area contributed by atoms with Crippen molar-refractivity contribution in [3.8, 4) is 0 Å². The Kier molecular flexibility index (Phi) is 7.08. The van der Waals surface area contributed by atoms with Crippen LogP contribution in [0.5, 0.6) is 0 Å². The summed E-state index contributed by atoms with van der Waals surface area (Å²) < 4.78 is 6.95. The van der Waals surface area contributed by atoms with Gasteiger partial charge in [-0.3, -0.25) is 4.68 Å². The first kappa shape index (κ1) is 18.2. The Labute approximate surface area is 132 Å². The van der Waals surface area contributed by atoms with Crippen LogP contribution >= 0.6 is 0 Å². The number of esters is 1. The number of nitrogens with zero attached hydrogens (tertiary/aromatic N) is 3. The van der Waals surface area contributed by atoms with E-state index in [1.807, 2.05) is 39.3 Å². The van der Waals surface area contributed by atoms with Crippen LogP contribution in [0.15, 0.2) is 5.16 Å². The normalized spacial score (nSPS) is 13.1. The molecule has 0 N–H and O–H groups in total. The maximum Gasteiger partial charge on any atom is 0.341 e. The first-order valence-electron chi connectivity index (χ1n) is 7.86. The van der Waals surface area contributed by atoms with Gasteiger partial charge in [-0.25, -0.2) is 4.79 Å². The van der Waals surface area contributed by atoms with Crippen LogP contribution in [-0.2, 0) is 16.0 Å². The van der Waals surface area contributed by atoms with Gasteiger partial charge in [0.15, 0.2) is 0 Å². The number of carbonyl (C=O) groups excluding carboxylic acids is 1. The number of hydrogen-bond acceptors (Lipinski definition) is 5. The van der Waals surface area contributed by atoms with Gasteiger partial charge in [-0.05, 0) is 40.5 Å². The number of hydrogen-bond donors (Lipinski definition) is 0. The highest BCUT2D eigenvalue weighted by Crippen LogP contribution is 2.20. The van der Waals surface area contributed by atoms with Gasteiger partial charge in [-0.1, -0.05) is 19.0 Å². The molecule has 0 spiro atoms. The lowest BCUT2D eigenvalue weighted by molar-refractivity contribution is 0.0523. The highest BCUT2D eigenvalue weighted by atomic mass is 16.6. The summed E-state index contributed by atoms with van der Waals surface area (Å²) in [7, 11) is 0. The molecule has 1 aromatic heterocycles. The fraction of sp³-hybridized carbons (Fsp3) is 0.688. The van der Waals surface area contributed by atoms with Crippen molar-refractivity contribution in [3.63, 3.8) is 0 Å². The lowest BCUT2D eigenvalue weighted by atomic mass is 10.1. The Morgan fingerprint density at radius 1 is 1.36 bits per heavy atom. The van der Waals surface area contributed by atoms with E-state index in [1.165, 1.54) is 0 Å². The van der Waals surface area contributed by atoms with E-state index in [0.717, 1.165) is 23.5 Å². The van der Waals surface area contributed by atoms with Gasteiger partial charge in [0, 0.05) is 0 Å². The molecule has 1 unspecified atom stereocenters. The zero-order valence-corrected chi connectivity index (χ0v) is 14.5. The summed E-state index contributed by atoms with van der Waals surface area (Å²) in [6.45, 7) is 12.4. The predicted octanol–water partition coefficient (Wildman–Crippen LogP) is 3.29. The molecule has 0 radical (unpaired) electrons. The van der Waals surface area contributed by atoms with Crippen molar-refractivity contribution in [3.05, 3.63) is 17.0 Å². The highest BCUT2D eigenvalue weighted by molar-refractivity contribution is 5.92. The maximum absolute atomic E-state index is 12.1. The molecule has 0 aliphatic carbocycles. The number of carbonyl (C=O) groups is 1. The number of aryl methyl sites for hydroxylation is 1. The van der Waals surface area contributed by atoms with E-state index >= 15 is 0 Å². The average Bonchev–Trinajstić information content (AvgIpc) is 2.83. The molecule has 1 aromatic rings. The summed E-state index contributed by atoms with van der Waals surface area (Å²) in [4.78, 5) is 17.5. The second kappa shape index (κ2) is 8.56. The summed E-state index contributed by atoms with van der Waals surface area (Å²) >= 11 is 0. The predicted molar refractivity (Wildman–Crippen MR) is 86.4 cm³/mol. The van der Waals surface area contributed by atoms with Gasteiger partial charge < -0.3 is 9.57 Å². The summed E-state index contributed by atoms with van der Waals surface area (Å²) in [6.07, 6.45) is 1.55. The van der Waals surface area contributed by atoms with Gasteiger partial charge in [-0.15, -0.1) is 0 Å². The molecule has 0 saturated heterocycles. The van der Waals surface area contributed by atoms with E-state index < -0.39 is 0 Å². The van der Waals surface area contributed by atoms with Crippen molar-refractivity contribution in [2.45, 2.75) is 60.4 Å². The van der Waals surface area contributed by atoms with Crippen molar-refractivity contribution < 1.29 is 14.4 Å². The first-order valence-corrected chi connectivity index (χ1v) is 7.86. The molecule has 0 saturated carbocycles. The Morgan fingerprint density at radius 2 is 2.05 bits per heavy atom. The summed E-state index contributed by atoms with van der Waals surface area (Å²) in [5.74, 6) is -0.309. The Bertz CT molecular complexity index is 535. The monoisotopic (exact) mass is 309 g/mol. The van der Waals surface area contributed by atoms with Gasteiger partial charge in [0.25, 0.3) is 0 Å². The first-order chi connectivity index (χ1) is 10.5. The highest BCUT2D eigenvalue weighted by Gasteiger charge is 2.23. The van der Waals surface area contributed by atoms with Gasteiger partial charge >= 0.3 is 5.97 Å². The van der Waals surface area contributed by atoms with Gasteiger partial charge in [0.1, 0.15) is 12.2 Å². The molecule has 22 heavy (non-hydrogen) atoms. The van der Waals surface area contributed by atoms with Crippen molar-refractivity contribution >= 4 is 11.7 Å². The van der Waals surface area contributed by atoms with E-state index in [1.54, 1.807) is 6.92 Å². The molecule has 1 heterocycles. The van der Waals surface area contributed by atoms with Gasteiger partial charge in [0.05, 0.1) is 29.7 Å². The quantitative estimate of drug-likeness (QED) is 0.420. The standard InChI is InChI=1S/C16H27N3O3/c1-7-11(4)18-22-10-12(5)19-13(6)15(14(8-2)17-19)16(20)21-9-3/h12H,7-10H2,1-6H3.